The van der Waals surface area contributed by atoms with Gasteiger partial charge in [0.15, 0.2) is 0 Å². The van der Waals surface area contributed by atoms with Crippen molar-refractivity contribution < 1.29 is 0 Å². The molecule has 1 aromatic heterocycles. The maximum Gasteiger partial charge on any atom is 0.147 e. The molecular formula is C14H21N3. The molecule has 0 aliphatic heterocycles. The molecular weight excluding hydrogens is 210 g/mol. The number of aryl methyl sites for hydroxylation is 2. The number of rotatable bonds is 5. The van der Waals surface area contributed by atoms with Gasteiger partial charge in [0.05, 0.1) is 11.4 Å². The molecule has 17 heavy (non-hydrogen) atoms. The fourth-order valence-corrected chi connectivity index (χ4v) is 2.69. The summed E-state index contributed by atoms with van der Waals surface area (Å²) in [6, 6.07) is 0. The van der Waals surface area contributed by atoms with Crippen molar-refractivity contribution in [2.24, 2.45) is 17.8 Å². The summed E-state index contributed by atoms with van der Waals surface area (Å²) in [7, 11) is 0. The number of anilines is 1. The molecule has 1 N–H and O–H groups in total. The number of hydrogen-bond donors (Lipinski definition) is 1. The van der Waals surface area contributed by atoms with E-state index in [4.69, 9.17) is 0 Å². The van der Waals surface area contributed by atoms with Gasteiger partial charge >= 0.3 is 0 Å². The third-order valence-electron chi connectivity index (χ3n) is 4.04. The predicted molar refractivity (Wildman–Crippen MR) is 68.9 cm³/mol. The van der Waals surface area contributed by atoms with E-state index in [-0.39, 0.29) is 0 Å². The average molecular weight is 231 g/mol. The molecule has 1 aromatic rings. The highest BCUT2D eigenvalue weighted by Gasteiger charge is 2.41. The summed E-state index contributed by atoms with van der Waals surface area (Å²) in [4.78, 5) is 8.88. The molecule has 2 saturated carbocycles. The third-order valence-corrected chi connectivity index (χ3v) is 4.04. The molecule has 3 nitrogen and oxygen atoms in total. The van der Waals surface area contributed by atoms with Crippen LogP contribution in [-0.4, -0.2) is 16.5 Å². The highest BCUT2D eigenvalue weighted by Crippen LogP contribution is 2.49. The molecule has 0 spiro atoms. The zero-order valence-corrected chi connectivity index (χ0v) is 10.7. The lowest BCUT2D eigenvalue weighted by Gasteiger charge is -2.17. The summed E-state index contributed by atoms with van der Waals surface area (Å²) < 4.78 is 0. The van der Waals surface area contributed by atoms with Crippen LogP contribution in [-0.2, 0) is 0 Å². The van der Waals surface area contributed by atoms with Crippen molar-refractivity contribution in [1.82, 2.24) is 9.97 Å². The van der Waals surface area contributed by atoms with E-state index in [9.17, 15) is 0 Å². The predicted octanol–water partition coefficient (Wildman–Crippen LogP) is 2.94. The molecule has 2 aliphatic carbocycles. The molecule has 3 rings (SSSR count). The molecule has 92 valence electrons. The Balaban J connectivity index is 1.63. The SMILES string of the molecule is Cc1cnc(C)c(NCC(C2CC2)C2CC2)n1. The van der Waals surface area contributed by atoms with E-state index in [1.807, 2.05) is 20.0 Å². The van der Waals surface area contributed by atoms with E-state index in [1.165, 1.54) is 25.7 Å². The first-order valence-electron chi connectivity index (χ1n) is 6.78. The van der Waals surface area contributed by atoms with E-state index in [2.05, 4.69) is 15.3 Å². The first kappa shape index (κ1) is 11.0. The van der Waals surface area contributed by atoms with Gasteiger partial charge in [0, 0.05) is 12.7 Å². The Hall–Kier alpha value is -1.12. The monoisotopic (exact) mass is 231 g/mol. The van der Waals surface area contributed by atoms with Gasteiger partial charge in [0.2, 0.25) is 0 Å². The van der Waals surface area contributed by atoms with Crippen LogP contribution in [0.4, 0.5) is 5.82 Å². The fourth-order valence-electron chi connectivity index (χ4n) is 2.69. The van der Waals surface area contributed by atoms with Gasteiger partial charge in [-0.25, -0.2) is 4.98 Å². The lowest BCUT2D eigenvalue weighted by atomic mass is 9.98. The van der Waals surface area contributed by atoms with Crippen molar-refractivity contribution in [3.8, 4) is 0 Å². The van der Waals surface area contributed by atoms with Gasteiger partial charge in [-0.2, -0.15) is 0 Å². The Bertz CT molecular complexity index is 396. The maximum absolute atomic E-state index is 4.53. The lowest BCUT2D eigenvalue weighted by molar-refractivity contribution is 0.427. The molecule has 1 heterocycles. The van der Waals surface area contributed by atoms with Crippen molar-refractivity contribution in [2.75, 3.05) is 11.9 Å². The smallest absolute Gasteiger partial charge is 0.147 e. The topological polar surface area (TPSA) is 37.8 Å². The normalized spacial score (nSPS) is 19.7. The molecule has 0 bridgehead atoms. The van der Waals surface area contributed by atoms with Gasteiger partial charge in [-0.15, -0.1) is 0 Å². The largest absolute Gasteiger partial charge is 0.368 e. The van der Waals surface area contributed by atoms with Gasteiger partial charge in [-0.3, -0.25) is 4.98 Å². The number of hydrogen-bond acceptors (Lipinski definition) is 3. The van der Waals surface area contributed by atoms with Gasteiger partial charge in [0.1, 0.15) is 5.82 Å². The quantitative estimate of drug-likeness (QED) is 0.846. The molecule has 2 fully saturated rings. The molecule has 0 aromatic carbocycles. The second kappa shape index (κ2) is 4.28. The van der Waals surface area contributed by atoms with E-state index in [1.54, 1.807) is 0 Å². The van der Waals surface area contributed by atoms with E-state index >= 15 is 0 Å². The molecule has 2 aliphatic rings. The number of aromatic nitrogens is 2. The van der Waals surface area contributed by atoms with Crippen molar-refractivity contribution in [3.63, 3.8) is 0 Å². The standard InChI is InChI=1S/C14H21N3/c1-9-7-15-10(2)14(17-9)16-8-13(11-3-4-11)12-5-6-12/h7,11-13H,3-6,8H2,1-2H3,(H,16,17). The number of nitrogens with one attached hydrogen (secondary N) is 1. The third kappa shape index (κ3) is 2.59. The second-order valence-electron chi connectivity index (χ2n) is 5.67. The van der Waals surface area contributed by atoms with Crippen LogP contribution < -0.4 is 5.32 Å². The molecule has 0 amide bonds. The lowest BCUT2D eigenvalue weighted by Crippen LogP contribution is -2.19. The van der Waals surface area contributed by atoms with Crippen LogP contribution in [0.2, 0.25) is 0 Å². The van der Waals surface area contributed by atoms with Crippen LogP contribution in [0.3, 0.4) is 0 Å². The highest BCUT2D eigenvalue weighted by molar-refractivity contribution is 5.39. The van der Waals surface area contributed by atoms with Crippen molar-refractivity contribution in [2.45, 2.75) is 39.5 Å². The molecule has 0 unspecified atom stereocenters. The van der Waals surface area contributed by atoms with Crippen LogP contribution in [0.25, 0.3) is 0 Å². The van der Waals surface area contributed by atoms with Crippen molar-refractivity contribution in [3.05, 3.63) is 17.6 Å². The highest BCUT2D eigenvalue weighted by atomic mass is 15.0. The molecule has 3 heteroatoms. The Morgan fingerprint density at radius 2 is 1.88 bits per heavy atom. The Morgan fingerprint density at radius 3 is 2.47 bits per heavy atom. The maximum atomic E-state index is 4.53. The van der Waals surface area contributed by atoms with Crippen LogP contribution in [0.15, 0.2) is 6.20 Å². The zero-order chi connectivity index (χ0) is 11.8. The van der Waals surface area contributed by atoms with E-state index in [0.29, 0.717) is 0 Å². The fraction of sp³-hybridized carbons (Fsp3) is 0.714. The van der Waals surface area contributed by atoms with Crippen molar-refractivity contribution >= 4 is 5.82 Å². The minimum Gasteiger partial charge on any atom is -0.368 e. The van der Waals surface area contributed by atoms with E-state index < -0.39 is 0 Å². The Labute approximate surface area is 103 Å². The van der Waals surface area contributed by atoms with Gasteiger partial charge in [-0.1, -0.05) is 0 Å². The second-order valence-corrected chi connectivity index (χ2v) is 5.67. The summed E-state index contributed by atoms with van der Waals surface area (Å²) in [5.74, 6) is 3.86. The minimum absolute atomic E-state index is 0.886. The van der Waals surface area contributed by atoms with Gasteiger partial charge < -0.3 is 5.32 Å². The molecule has 0 saturated heterocycles. The zero-order valence-electron chi connectivity index (χ0n) is 10.7. The molecule has 0 atom stereocenters. The van der Waals surface area contributed by atoms with Crippen LogP contribution >= 0.6 is 0 Å². The number of nitrogens with zero attached hydrogens (tertiary/aromatic N) is 2. The summed E-state index contributed by atoms with van der Waals surface area (Å²) in [5, 5.41) is 3.52. The minimum atomic E-state index is 0.886. The summed E-state index contributed by atoms with van der Waals surface area (Å²) in [5.41, 5.74) is 2.01. The van der Waals surface area contributed by atoms with Crippen LogP contribution in [0, 0.1) is 31.6 Å². The van der Waals surface area contributed by atoms with Gasteiger partial charge in [0.25, 0.3) is 0 Å². The van der Waals surface area contributed by atoms with Gasteiger partial charge in [-0.05, 0) is 57.3 Å². The summed E-state index contributed by atoms with van der Waals surface area (Å²) >= 11 is 0. The summed E-state index contributed by atoms with van der Waals surface area (Å²) in [6.07, 6.45) is 7.62. The van der Waals surface area contributed by atoms with Crippen LogP contribution in [0.5, 0.6) is 0 Å². The van der Waals surface area contributed by atoms with Crippen LogP contribution in [0.1, 0.15) is 37.1 Å². The first-order valence-corrected chi connectivity index (χ1v) is 6.78. The summed E-state index contributed by atoms with van der Waals surface area (Å²) in [6.45, 7) is 5.11. The molecule has 0 radical (unpaired) electrons. The van der Waals surface area contributed by atoms with E-state index in [0.717, 1.165) is 41.5 Å². The Morgan fingerprint density at radius 1 is 1.24 bits per heavy atom. The average Bonchev–Trinajstić information content (AvgIpc) is 3.14. The first-order chi connectivity index (χ1) is 8.24. The van der Waals surface area contributed by atoms with Crippen molar-refractivity contribution in [1.29, 1.82) is 0 Å². The Kier molecular flexibility index (Phi) is 2.77.